The highest BCUT2D eigenvalue weighted by Gasteiger charge is 2.46. The lowest BCUT2D eigenvalue weighted by Crippen LogP contribution is -2.47. The van der Waals surface area contributed by atoms with Crippen molar-refractivity contribution >= 4 is 29.3 Å². The van der Waals surface area contributed by atoms with Crippen LogP contribution < -0.4 is 10.2 Å². The van der Waals surface area contributed by atoms with Gasteiger partial charge >= 0.3 is 12.1 Å². The van der Waals surface area contributed by atoms with E-state index in [1.807, 2.05) is 13.8 Å². The fourth-order valence-corrected chi connectivity index (χ4v) is 5.18. The Morgan fingerprint density at radius 2 is 2.03 bits per heavy atom. The molecule has 1 spiro atoms. The predicted octanol–water partition coefficient (Wildman–Crippen LogP) is 4.46. The molecule has 4 rings (SSSR count). The molecule has 3 aliphatic rings. The highest BCUT2D eigenvalue weighted by atomic mass is 19.1. The van der Waals surface area contributed by atoms with Gasteiger partial charge in [0.2, 0.25) is 0 Å². The third kappa shape index (κ3) is 4.94. The molecule has 0 bridgehead atoms. The molecule has 2 fully saturated rings. The lowest BCUT2D eigenvalue weighted by Gasteiger charge is -2.39. The second-order valence-corrected chi connectivity index (χ2v) is 10.2. The van der Waals surface area contributed by atoms with E-state index in [0.717, 1.165) is 22.7 Å². The number of halogens is 1. The van der Waals surface area contributed by atoms with Crippen molar-refractivity contribution in [1.29, 1.82) is 0 Å². The fraction of sp³-hybridized carbons (Fsp3) is 0.538. The second-order valence-electron chi connectivity index (χ2n) is 10.2. The van der Waals surface area contributed by atoms with Gasteiger partial charge in [-0.2, -0.15) is 0 Å². The van der Waals surface area contributed by atoms with Gasteiger partial charge in [-0.3, -0.25) is 4.99 Å². The Bertz CT molecular complexity index is 1150. The molecule has 3 heterocycles. The number of amides is 1. The number of nitrogens with zero attached hydrogens (tertiary/aromatic N) is 4. The lowest BCUT2D eigenvalue weighted by atomic mass is 9.90. The second kappa shape index (κ2) is 9.91. The third-order valence-corrected chi connectivity index (χ3v) is 7.14. The van der Waals surface area contributed by atoms with Crippen LogP contribution in [-0.4, -0.2) is 72.1 Å². The summed E-state index contributed by atoms with van der Waals surface area (Å²) in [4.78, 5) is 36.8. The van der Waals surface area contributed by atoms with Crippen LogP contribution >= 0.6 is 0 Å². The highest BCUT2D eigenvalue weighted by Crippen LogP contribution is 2.38. The van der Waals surface area contributed by atoms with Crippen molar-refractivity contribution in [3.05, 3.63) is 41.0 Å². The smallest absolute Gasteiger partial charge is 0.410 e. The molecule has 0 radical (unpaired) electrons. The van der Waals surface area contributed by atoms with E-state index < -0.39 is 11.6 Å². The summed E-state index contributed by atoms with van der Waals surface area (Å²) in [5.41, 5.74) is 2.38. The number of anilines is 2. The highest BCUT2D eigenvalue weighted by molar-refractivity contribution is 6.11. The van der Waals surface area contributed by atoms with Crippen molar-refractivity contribution in [1.82, 2.24) is 9.88 Å². The summed E-state index contributed by atoms with van der Waals surface area (Å²) in [7, 11) is 3.45. The number of piperidine rings is 1. The number of aliphatic imine (C=N–C) groups is 1. The molecule has 9 nitrogen and oxygen atoms in total. The molecule has 0 saturated carbocycles. The Labute approximate surface area is 210 Å². The molecule has 1 aromatic heterocycles. The van der Waals surface area contributed by atoms with Crippen molar-refractivity contribution in [2.24, 2.45) is 16.8 Å². The van der Waals surface area contributed by atoms with Crippen molar-refractivity contribution in [3.8, 4) is 0 Å². The molecule has 1 unspecified atom stereocenters. The van der Waals surface area contributed by atoms with Crippen LogP contribution in [0.3, 0.4) is 0 Å². The molecule has 2 saturated heterocycles. The first-order valence-electron chi connectivity index (χ1n) is 12.3. The van der Waals surface area contributed by atoms with Gasteiger partial charge in [-0.15, -0.1) is 0 Å². The summed E-state index contributed by atoms with van der Waals surface area (Å²) < 4.78 is 19.6. The van der Waals surface area contributed by atoms with Gasteiger partial charge in [0.1, 0.15) is 17.2 Å². The lowest BCUT2D eigenvalue weighted by molar-refractivity contribution is 0.0366. The number of aromatic nitrogens is 1. The minimum Gasteiger partial charge on any atom is -0.477 e. The fourth-order valence-electron chi connectivity index (χ4n) is 5.18. The number of carbonyl (C=O) groups is 2. The number of nitrogens with one attached hydrogen (secondary N) is 1. The first kappa shape index (κ1) is 25.7. The van der Waals surface area contributed by atoms with E-state index in [1.54, 1.807) is 38.1 Å². The van der Waals surface area contributed by atoms with E-state index in [0.29, 0.717) is 44.7 Å². The van der Waals surface area contributed by atoms with Gasteiger partial charge in [0.15, 0.2) is 5.69 Å². The number of ether oxygens (including phenoxy) is 1. The number of pyridine rings is 1. The van der Waals surface area contributed by atoms with Gasteiger partial charge in [0, 0.05) is 51.6 Å². The SMILES string of the molecule is C/N=C(\c1c(N2CCC3(CC2)CN(C)C(=O)O3)cc(C(=O)O)nc1NC1=CC=C(F)C(C)C1)C(C)C. The van der Waals surface area contributed by atoms with Gasteiger partial charge in [0.05, 0.1) is 23.5 Å². The van der Waals surface area contributed by atoms with Crippen LogP contribution in [0.2, 0.25) is 0 Å². The summed E-state index contributed by atoms with van der Waals surface area (Å²) in [5.74, 6) is -1.17. The van der Waals surface area contributed by atoms with E-state index in [9.17, 15) is 19.1 Å². The van der Waals surface area contributed by atoms with Crippen molar-refractivity contribution < 1.29 is 23.8 Å². The molecular formula is C26H34FN5O4. The number of likely N-dealkylation sites (N-methyl/N-ethyl adjacent to an activating group) is 1. The van der Waals surface area contributed by atoms with E-state index >= 15 is 0 Å². The molecule has 2 aliphatic heterocycles. The van der Waals surface area contributed by atoms with Crippen molar-refractivity contribution in [2.45, 2.75) is 45.6 Å². The first-order valence-corrected chi connectivity index (χ1v) is 12.3. The summed E-state index contributed by atoms with van der Waals surface area (Å²) in [6, 6.07) is 1.60. The van der Waals surface area contributed by atoms with Crippen molar-refractivity contribution in [3.63, 3.8) is 0 Å². The zero-order valence-electron chi connectivity index (χ0n) is 21.5. The minimum absolute atomic E-state index is 0.0453. The maximum Gasteiger partial charge on any atom is 0.410 e. The molecule has 2 N–H and O–H groups in total. The number of hydrogen-bond acceptors (Lipinski definition) is 7. The number of hydrogen-bond donors (Lipinski definition) is 2. The molecule has 1 aliphatic carbocycles. The van der Waals surface area contributed by atoms with Crippen LogP contribution in [0.5, 0.6) is 0 Å². The first-order chi connectivity index (χ1) is 17.0. The minimum atomic E-state index is -1.14. The molecule has 1 amide bonds. The zero-order chi connectivity index (χ0) is 26.2. The van der Waals surface area contributed by atoms with Gasteiger partial charge < -0.3 is 25.0 Å². The van der Waals surface area contributed by atoms with Crippen LogP contribution in [0.4, 0.5) is 20.7 Å². The number of allylic oxidation sites excluding steroid dienone is 4. The van der Waals surface area contributed by atoms with Gasteiger partial charge in [-0.25, -0.2) is 19.0 Å². The maximum atomic E-state index is 13.9. The average molecular weight is 500 g/mol. The zero-order valence-corrected chi connectivity index (χ0v) is 21.5. The third-order valence-electron chi connectivity index (χ3n) is 7.14. The summed E-state index contributed by atoms with van der Waals surface area (Å²) in [5, 5.41) is 13.2. The van der Waals surface area contributed by atoms with E-state index in [4.69, 9.17) is 4.74 Å². The quantitative estimate of drug-likeness (QED) is 0.556. The Hall–Kier alpha value is -3.43. The van der Waals surface area contributed by atoms with Gasteiger partial charge in [-0.1, -0.05) is 20.8 Å². The molecule has 0 aromatic carbocycles. The van der Waals surface area contributed by atoms with Crippen LogP contribution in [0.15, 0.2) is 34.7 Å². The largest absolute Gasteiger partial charge is 0.477 e. The molecule has 1 aromatic rings. The van der Waals surface area contributed by atoms with Crippen LogP contribution in [0, 0.1) is 11.8 Å². The normalized spacial score (nSPS) is 22.0. The Balaban J connectivity index is 1.76. The summed E-state index contributed by atoms with van der Waals surface area (Å²) in [6.45, 7) is 7.57. The standard InChI is InChI=1S/C26H34FN5O4/c1-15(2)22(28-4)21-20(32-10-8-26(9-11-32)14-31(5)25(35)36-26)13-19(24(33)34)30-23(21)29-17-6-7-18(27)16(3)12-17/h6-7,13,15-16H,8-12,14H2,1-5H3,(H,29,30)(H,33,34)/b28-22-. The summed E-state index contributed by atoms with van der Waals surface area (Å²) >= 11 is 0. The molecule has 194 valence electrons. The topological polar surface area (TPSA) is 107 Å². The monoisotopic (exact) mass is 499 g/mol. The molecule has 36 heavy (non-hydrogen) atoms. The molecular weight excluding hydrogens is 465 g/mol. The van der Waals surface area contributed by atoms with Crippen molar-refractivity contribution in [2.75, 3.05) is 43.9 Å². The number of carbonyl (C=O) groups excluding carboxylic acids is 1. The average Bonchev–Trinajstić information content (AvgIpc) is 3.10. The Morgan fingerprint density at radius 1 is 1.33 bits per heavy atom. The Kier molecular flexibility index (Phi) is 7.06. The van der Waals surface area contributed by atoms with E-state index in [2.05, 4.69) is 20.2 Å². The summed E-state index contributed by atoms with van der Waals surface area (Å²) in [6.07, 6.45) is 4.49. The van der Waals surface area contributed by atoms with Gasteiger partial charge in [-0.05, 0) is 30.6 Å². The van der Waals surface area contributed by atoms with Gasteiger partial charge in [0.25, 0.3) is 0 Å². The van der Waals surface area contributed by atoms with Crippen LogP contribution in [0.1, 0.15) is 56.1 Å². The van der Waals surface area contributed by atoms with Crippen LogP contribution in [0.25, 0.3) is 0 Å². The molecule has 1 atom stereocenters. The van der Waals surface area contributed by atoms with E-state index in [-0.39, 0.29) is 29.4 Å². The van der Waals surface area contributed by atoms with Crippen LogP contribution in [-0.2, 0) is 4.74 Å². The maximum absolute atomic E-state index is 13.9. The number of rotatable bonds is 6. The Morgan fingerprint density at radius 3 is 2.56 bits per heavy atom. The number of aromatic carboxylic acids is 1. The van der Waals surface area contributed by atoms with E-state index in [1.165, 1.54) is 6.08 Å². The number of carboxylic acid groups (broad SMARTS) is 1. The number of carboxylic acids is 1. The predicted molar refractivity (Wildman–Crippen MR) is 136 cm³/mol. The molecule has 10 heteroatoms.